The van der Waals surface area contributed by atoms with Crippen molar-refractivity contribution in [1.82, 2.24) is 0 Å². The van der Waals surface area contributed by atoms with Gasteiger partial charge in [0.05, 0.1) is 0 Å². The van der Waals surface area contributed by atoms with Crippen LogP contribution in [0, 0.1) is 0 Å². The molecular weight excluding hydrogens is 227 g/mol. The maximum Gasteiger partial charge on any atom is 0.576 e. The van der Waals surface area contributed by atoms with Crippen LogP contribution in [0.25, 0.3) is 0 Å². The highest BCUT2D eigenvalue weighted by atomic mass is 16.6. The minimum absolute atomic E-state index is 0.0876. The molecule has 0 N–H and O–H groups in total. The molecule has 0 saturated heterocycles. The van der Waals surface area contributed by atoms with Crippen molar-refractivity contribution < 1.29 is 27.7 Å². The van der Waals surface area contributed by atoms with E-state index >= 15 is 0 Å². The highest BCUT2D eigenvalue weighted by Crippen LogP contribution is 2.16. The molecule has 86 valence electrons. The van der Waals surface area contributed by atoms with Crippen LogP contribution < -0.4 is 9.31 Å². The molecular formula is C10H7BO6. The third kappa shape index (κ3) is 2.78. The van der Waals surface area contributed by atoms with Crippen molar-refractivity contribution in [3.63, 3.8) is 0 Å². The molecule has 0 aliphatic heterocycles. The van der Waals surface area contributed by atoms with Gasteiger partial charge in [0, 0.05) is 12.1 Å². The molecule has 2 heterocycles. The van der Waals surface area contributed by atoms with Crippen LogP contribution in [-0.2, 0) is 0 Å². The van der Waals surface area contributed by atoms with Crippen LogP contribution in [0.5, 0.6) is 11.5 Å². The highest BCUT2D eigenvalue weighted by molar-refractivity contribution is 6.20. The highest BCUT2D eigenvalue weighted by Gasteiger charge is 2.06. The molecule has 0 amide bonds. The molecule has 2 rings (SSSR count). The van der Waals surface area contributed by atoms with Crippen molar-refractivity contribution in [2.75, 3.05) is 0 Å². The summed E-state index contributed by atoms with van der Waals surface area (Å²) in [5.41, 5.74) is 0. The van der Waals surface area contributed by atoms with Crippen LogP contribution in [0.3, 0.4) is 0 Å². The molecule has 0 radical (unpaired) electrons. The molecule has 7 heteroatoms. The molecule has 0 unspecified atom stereocenters. The quantitative estimate of drug-likeness (QED) is 0.552. The first kappa shape index (κ1) is 11.1. The number of rotatable bonds is 6. The van der Waals surface area contributed by atoms with Crippen LogP contribution in [0.4, 0.5) is 0 Å². The summed E-state index contributed by atoms with van der Waals surface area (Å²) in [4.78, 5) is 20.6. The predicted molar refractivity (Wildman–Crippen MR) is 56.6 cm³/mol. The van der Waals surface area contributed by atoms with Gasteiger partial charge in [-0.25, -0.2) is 0 Å². The Bertz CT molecular complexity index is 468. The Kier molecular flexibility index (Phi) is 3.30. The molecule has 0 saturated carbocycles. The molecule has 0 bridgehead atoms. The molecule has 0 aromatic carbocycles. The molecule has 0 aliphatic carbocycles. The number of furan rings is 2. The summed E-state index contributed by atoms with van der Waals surface area (Å²) in [5, 5.41) is 0. The second-order valence-electron chi connectivity index (χ2n) is 3.01. The van der Waals surface area contributed by atoms with Gasteiger partial charge in [-0.2, -0.15) is 0 Å². The van der Waals surface area contributed by atoms with E-state index in [-0.39, 0.29) is 19.2 Å². The molecule has 6 nitrogen and oxygen atoms in total. The predicted octanol–water partition coefficient (Wildman–Crippen LogP) is 1.22. The molecule has 0 atom stereocenters. The lowest BCUT2D eigenvalue weighted by atomic mass is 10.3. The lowest BCUT2D eigenvalue weighted by Gasteiger charge is -2.01. The first-order valence-electron chi connectivity index (χ1n) is 4.65. The molecule has 0 aliphatic rings. The number of hydrogen-bond donors (Lipinski definition) is 0. The van der Waals surface area contributed by atoms with Gasteiger partial charge in [0.25, 0.3) is 0 Å². The Morgan fingerprint density at radius 1 is 0.941 bits per heavy atom. The standard InChI is InChI=1S/C10H7BO6/c12-3-7-1-9(5-14-7)16-11-17-10-2-8(4-13)15-6-10/h1-6,11H. The zero-order valence-electron chi connectivity index (χ0n) is 8.62. The zero-order chi connectivity index (χ0) is 12.1. The van der Waals surface area contributed by atoms with E-state index in [9.17, 15) is 9.59 Å². The summed E-state index contributed by atoms with van der Waals surface area (Å²) in [6.07, 6.45) is 3.72. The average Bonchev–Trinajstić information content (AvgIpc) is 2.97. The Morgan fingerprint density at radius 3 is 1.76 bits per heavy atom. The van der Waals surface area contributed by atoms with Crippen LogP contribution in [0.2, 0.25) is 0 Å². The second-order valence-corrected chi connectivity index (χ2v) is 3.01. The maximum absolute atomic E-state index is 10.3. The van der Waals surface area contributed by atoms with E-state index in [1.54, 1.807) is 0 Å². The van der Waals surface area contributed by atoms with Crippen molar-refractivity contribution in [3.8, 4) is 11.5 Å². The number of carbonyl (C=O) groups excluding carboxylic acids is 2. The van der Waals surface area contributed by atoms with E-state index in [1.807, 2.05) is 0 Å². The summed E-state index contributed by atoms with van der Waals surface area (Å²) in [5.74, 6) is 1.11. The first-order valence-corrected chi connectivity index (χ1v) is 4.65. The minimum atomic E-state index is -0.0876. The van der Waals surface area contributed by atoms with E-state index in [0.717, 1.165) is 0 Å². The van der Waals surface area contributed by atoms with Crippen LogP contribution in [-0.4, -0.2) is 20.3 Å². The van der Waals surface area contributed by atoms with Crippen molar-refractivity contribution in [2.45, 2.75) is 0 Å². The van der Waals surface area contributed by atoms with Gasteiger partial charge in [-0.1, -0.05) is 0 Å². The van der Waals surface area contributed by atoms with E-state index < -0.39 is 0 Å². The van der Waals surface area contributed by atoms with Gasteiger partial charge in [0.2, 0.25) is 0 Å². The summed E-state index contributed by atoms with van der Waals surface area (Å²) in [6.45, 7) is 0. The molecule has 2 aromatic rings. The fraction of sp³-hybridized carbons (Fsp3) is 0. The van der Waals surface area contributed by atoms with Gasteiger partial charge in [-0.3, -0.25) is 9.59 Å². The Balaban J connectivity index is 1.82. The first-order chi connectivity index (χ1) is 8.31. The van der Waals surface area contributed by atoms with E-state index in [2.05, 4.69) is 0 Å². The number of aldehydes is 2. The normalized spacial score (nSPS) is 9.65. The van der Waals surface area contributed by atoms with E-state index in [0.29, 0.717) is 24.1 Å². The topological polar surface area (TPSA) is 78.9 Å². The average molecular weight is 234 g/mol. The van der Waals surface area contributed by atoms with Crippen molar-refractivity contribution in [2.24, 2.45) is 0 Å². The Hall–Kier alpha value is -2.44. The monoisotopic (exact) mass is 234 g/mol. The lowest BCUT2D eigenvalue weighted by Crippen LogP contribution is -2.09. The van der Waals surface area contributed by atoms with Gasteiger partial charge in [0.15, 0.2) is 24.1 Å². The summed E-state index contributed by atoms with van der Waals surface area (Å²) >= 11 is 0. The summed E-state index contributed by atoms with van der Waals surface area (Å²) in [6, 6.07) is 2.87. The van der Waals surface area contributed by atoms with Gasteiger partial charge in [-0.15, -0.1) is 0 Å². The molecule has 0 fully saturated rings. The Morgan fingerprint density at radius 2 is 1.41 bits per heavy atom. The zero-order valence-corrected chi connectivity index (χ0v) is 8.62. The van der Waals surface area contributed by atoms with Gasteiger partial charge in [-0.05, 0) is 0 Å². The SMILES string of the molecule is O=Cc1cc(OBOc2coc(C=O)c2)co1. The molecule has 17 heavy (non-hydrogen) atoms. The van der Waals surface area contributed by atoms with Crippen molar-refractivity contribution in [3.05, 3.63) is 36.2 Å². The molecule has 0 spiro atoms. The van der Waals surface area contributed by atoms with Gasteiger partial charge < -0.3 is 18.1 Å². The van der Waals surface area contributed by atoms with Crippen molar-refractivity contribution >= 4 is 20.3 Å². The van der Waals surface area contributed by atoms with E-state index in [1.165, 1.54) is 24.7 Å². The summed E-state index contributed by atoms with van der Waals surface area (Å²) < 4.78 is 19.9. The van der Waals surface area contributed by atoms with Crippen molar-refractivity contribution in [1.29, 1.82) is 0 Å². The summed E-state index contributed by atoms with van der Waals surface area (Å²) in [7, 11) is -0.0876. The lowest BCUT2D eigenvalue weighted by molar-refractivity contribution is 0.109. The van der Waals surface area contributed by atoms with Crippen LogP contribution >= 0.6 is 0 Å². The smallest absolute Gasteiger partial charge is 0.526 e. The van der Waals surface area contributed by atoms with E-state index in [4.69, 9.17) is 18.1 Å². The maximum atomic E-state index is 10.3. The molecule has 2 aromatic heterocycles. The second kappa shape index (κ2) is 5.06. The minimum Gasteiger partial charge on any atom is -0.526 e. The third-order valence-corrected chi connectivity index (χ3v) is 1.87. The van der Waals surface area contributed by atoms with Gasteiger partial charge in [0.1, 0.15) is 24.0 Å². The number of carbonyl (C=O) groups is 2. The fourth-order valence-electron chi connectivity index (χ4n) is 1.11. The van der Waals surface area contributed by atoms with Gasteiger partial charge >= 0.3 is 7.69 Å². The van der Waals surface area contributed by atoms with Crippen LogP contribution in [0.15, 0.2) is 33.5 Å². The number of hydrogen-bond acceptors (Lipinski definition) is 6. The largest absolute Gasteiger partial charge is 0.576 e. The third-order valence-electron chi connectivity index (χ3n) is 1.87. The van der Waals surface area contributed by atoms with Crippen LogP contribution in [0.1, 0.15) is 21.1 Å². The fourth-order valence-corrected chi connectivity index (χ4v) is 1.11. The Labute approximate surface area is 96.4 Å².